The molecule has 1 aromatic rings. The molecule has 2 aliphatic heterocycles. The Morgan fingerprint density at radius 2 is 2.20 bits per heavy atom. The number of carbonyl (C=O) groups excluding carboxylic acids is 2. The Bertz CT molecular complexity index is 640. The third-order valence-corrected chi connectivity index (χ3v) is 5.26. The molecule has 2 fully saturated rings. The summed E-state index contributed by atoms with van der Waals surface area (Å²) < 4.78 is 5.04. The quantitative estimate of drug-likeness (QED) is 0.854. The van der Waals surface area contributed by atoms with E-state index in [-0.39, 0.29) is 30.2 Å². The summed E-state index contributed by atoms with van der Waals surface area (Å²) in [5.74, 6) is -0.216. The summed E-state index contributed by atoms with van der Waals surface area (Å²) in [6.07, 6.45) is 0.279. The topological polar surface area (TPSA) is 61.9 Å². The molecule has 1 N–H and O–H groups in total. The van der Waals surface area contributed by atoms with Crippen molar-refractivity contribution >= 4 is 23.4 Å². The van der Waals surface area contributed by atoms with Gasteiger partial charge in [-0.05, 0) is 11.6 Å². The van der Waals surface area contributed by atoms with Crippen LogP contribution in [0.25, 0.3) is 0 Å². The number of rotatable bonds is 5. The van der Waals surface area contributed by atoms with Crippen LogP contribution in [0.4, 0.5) is 0 Å². The molecule has 2 heterocycles. The Morgan fingerprint density at radius 1 is 1.40 bits per heavy atom. The number of piperazine rings is 1. The number of hydrogen-bond acceptors (Lipinski definition) is 4. The number of halogens is 1. The number of carbonyl (C=O) groups is 2. The smallest absolute Gasteiger partial charge is 0.228 e. The van der Waals surface area contributed by atoms with Crippen LogP contribution < -0.4 is 5.32 Å². The standard InChI is InChI=1S/C18H24ClN3O3/c1-25-9-8-21-12-13(10-17(21)23)18(24)22-7-6-20-11-16(22)14-4-2-3-5-15(14)19/h2-5,13,16,20H,6-12H2,1H3. The Kier molecular flexibility index (Phi) is 5.93. The number of nitrogens with one attached hydrogen (secondary N) is 1. The first-order chi connectivity index (χ1) is 12.1. The molecule has 0 bridgehead atoms. The molecule has 7 heteroatoms. The molecular formula is C18H24ClN3O3. The summed E-state index contributed by atoms with van der Waals surface area (Å²) in [5.41, 5.74) is 0.949. The van der Waals surface area contributed by atoms with Gasteiger partial charge in [0.25, 0.3) is 0 Å². The van der Waals surface area contributed by atoms with Crippen LogP contribution in [0.3, 0.4) is 0 Å². The molecule has 1 aromatic carbocycles. The number of likely N-dealkylation sites (tertiary alicyclic amines) is 1. The number of ether oxygens (including phenoxy) is 1. The fourth-order valence-electron chi connectivity index (χ4n) is 3.58. The van der Waals surface area contributed by atoms with Gasteiger partial charge >= 0.3 is 0 Å². The summed E-state index contributed by atoms with van der Waals surface area (Å²) in [6.45, 7) is 3.54. The summed E-state index contributed by atoms with van der Waals surface area (Å²) in [5, 5.41) is 4.00. The van der Waals surface area contributed by atoms with Crippen molar-refractivity contribution in [3.63, 3.8) is 0 Å². The molecular weight excluding hydrogens is 342 g/mol. The van der Waals surface area contributed by atoms with Crippen molar-refractivity contribution in [2.24, 2.45) is 5.92 Å². The lowest BCUT2D eigenvalue weighted by molar-refractivity contribution is -0.139. The molecule has 2 unspecified atom stereocenters. The van der Waals surface area contributed by atoms with E-state index in [1.54, 1.807) is 12.0 Å². The Labute approximate surface area is 153 Å². The van der Waals surface area contributed by atoms with Gasteiger partial charge in [-0.25, -0.2) is 0 Å². The summed E-state index contributed by atoms with van der Waals surface area (Å²) >= 11 is 6.35. The van der Waals surface area contributed by atoms with E-state index in [4.69, 9.17) is 16.3 Å². The van der Waals surface area contributed by atoms with Crippen LogP contribution in [-0.4, -0.2) is 68.1 Å². The molecule has 2 aliphatic rings. The maximum absolute atomic E-state index is 13.1. The highest BCUT2D eigenvalue weighted by molar-refractivity contribution is 6.31. The molecule has 136 valence electrons. The monoisotopic (exact) mass is 365 g/mol. The van der Waals surface area contributed by atoms with E-state index in [9.17, 15) is 9.59 Å². The van der Waals surface area contributed by atoms with Gasteiger partial charge in [-0.1, -0.05) is 29.8 Å². The minimum absolute atomic E-state index is 0.0276. The second kappa shape index (κ2) is 8.17. The first-order valence-corrected chi connectivity index (χ1v) is 9.02. The van der Waals surface area contributed by atoms with Gasteiger partial charge in [0.15, 0.2) is 0 Å². The summed E-state index contributed by atoms with van der Waals surface area (Å²) in [7, 11) is 1.61. The van der Waals surface area contributed by atoms with Gasteiger partial charge in [-0.3, -0.25) is 9.59 Å². The number of nitrogens with zero attached hydrogens (tertiary/aromatic N) is 2. The first kappa shape index (κ1) is 18.2. The van der Waals surface area contributed by atoms with Gasteiger partial charge in [-0.2, -0.15) is 0 Å². The van der Waals surface area contributed by atoms with E-state index < -0.39 is 0 Å². The van der Waals surface area contributed by atoms with Crippen molar-refractivity contribution in [1.82, 2.24) is 15.1 Å². The molecule has 0 saturated carbocycles. The number of benzene rings is 1. The molecule has 2 atom stereocenters. The zero-order valence-electron chi connectivity index (χ0n) is 14.4. The van der Waals surface area contributed by atoms with E-state index in [1.165, 1.54) is 0 Å². The minimum Gasteiger partial charge on any atom is -0.383 e. The second-order valence-electron chi connectivity index (χ2n) is 6.51. The number of amides is 2. The zero-order valence-corrected chi connectivity index (χ0v) is 15.2. The molecule has 0 aliphatic carbocycles. The van der Waals surface area contributed by atoms with Crippen LogP contribution in [0, 0.1) is 5.92 Å². The van der Waals surface area contributed by atoms with Crippen LogP contribution in [0.15, 0.2) is 24.3 Å². The SMILES string of the molecule is COCCN1CC(C(=O)N2CCNCC2c2ccccc2Cl)CC1=O. The van der Waals surface area contributed by atoms with E-state index in [1.807, 2.05) is 29.2 Å². The third-order valence-electron chi connectivity index (χ3n) is 4.92. The van der Waals surface area contributed by atoms with Crippen LogP contribution in [0.1, 0.15) is 18.0 Å². The third kappa shape index (κ3) is 3.97. The first-order valence-electron chi connectivity index (χ1n) is 8.64. The van der Waals surface area contributed by atoms with Crippen LogP contribution >= 0.6 is 11.6 Å². The molecule has 0 radical (unpaired) electrons. The molecule has 0 aromatic heterocycles. The van der Waals surface area contributed by atoms with Crippen molar-refractivity contribution in [1.29, 1.82) is 0 Å². The maximum atomic E-state index is 13.1. The van der Waals surface area contributed by atoms with E-state index in [2.05, 4.69) is 5.32 Å². The van der Waals surface area contributed by atoms with Crippen molar-refractivity contribution in [3.05, 3.63) is 34.9 Å². The number of methoxy groups -OCH3 is 1. The lowest BCUT2D eigenvalue weighted by Crippen LogP contribution is -2.50. The zero-order chi connectivity index (χ0) is 17.8. The van der Waals surface area contributed by atoms with E-state index in [0.717, 1.165) is 12.1 Å². The largest absolute Gasteiger partial charge is 0.383 e. The molecule has 3 rings (SSSR count). The van der Waals surface area contributed by atoms with Crippen LogP contribution in [-0.2, 0) is 14.3 Å². The average molecular weight is 366 g/mol. The van der Waals surface area contributed by atoms with E-state index >= 15 is 0 Å². The highest BCUT2D eigenvalue weighted by Gasteiger charge is 2.39. The Morgan fingerprint density at radius 3 is 2.96 bits per heavy atom. The molecule has 6 nitrogen and oxygen atoms in total. The lowest BCUT2D eigenvalue weighted by Gasteiger charge is -2.38. The van der Waals surface area contributed by atoms with E-state index in [0.29, 0.717) is 37.8 Å². The van der Waals surface area contributed by atoms with Crippen molar-refractivity contribution in [3.8, 4) is 0 Å². The van der Waals surface area contributed by atoms with Crippen LogP contribution in [0.5, 0.6) is 0 Å². The van der Waals surface area contributed by atoms with Gasteiger partial charge in [0.2, 0.25) is 11.8 Å². The van der Waals surface area contributed by atoms with Gasteiger partial charge in [-0.15, -0.1) is 0 Å². The fraction of sp³-hybridized carbons (Fsp3) is 0.556. The molecule has 0 spiro atoms. The van der Waals surface area contributed by atoms with Gasteiger partial charge < -0.3 is 19.9 Å². The Hall–Kier alpha value is -1.63. The summed E-state index contributed by atoms with van der Waals surface area (Å²) in [4.78, 5) is 28.9. The van der Waals surface area contributed by atoms with Gasteiger partial charge in [0.1, 0.15) is 0 Å². The Balaban J connectivity index is 1.74. The van der Waals surface area contributed by atoms with Crippen molar-refractivity contribution in [2.75, 3.05) is 46.4 Å². The van der Waals surface area contributed by atoms with Crippen molar-refractivity contribution in [2.45, 2.75) is 12.5 Å². The lowest BCUT2D eigenvalue weighted by atomic mass is 9.99. The number of hydrogen-bond donors (Lipinski definition) is 1. The van der Waals surface area contributed by atoms with Gasteiger partial charge in [0, 0.05) is 51.3 Å². The molecule has 2 saturated heterocycles. The van der Waals surface area contributed by atoms with Crippen molar-refractivity contribution < 1.29 is 14.3 Å². The predicted molar refractivity (Wildman–Crippen MR) is 95.3 cm³/mol. The predicted octanol–water partition coefficient (Wildman–Crippen LogP) is 1.31. The summed E-state index contributed by atoms with van der Waals surface area (Å²) in [6, 6.07) is 7.53. The fourth-order valence-corrected chi connectivity index (χ4v) is 3.84. The highest BCUT2D eigenvalue weighted by atomic mass is 35.5. The molecule has 2 amide bonds. The normalized spacial score (nSPS) is 24.0. The van der Waals surface area contributed by atoms with Gasteiger partial charge in [0.05, 0.1) is 18.6 Å². The van der Waals surface area contributed by atoms with Crippen LogP contribution in [0.2, 0.25) is 5.02 Å². The minimum atomic E-state index is -0.285. The second-order valence-corrected chi connectivity index (χ2v) is 6.91. The highest BCUT2D eigenvalue weighted by Crippen LogP contribution is 2.31. The average Bonchev–Trinajstić information content (AvgIpc) is 3.00. The molecule has 25 heavy (non-hydrogen) atoms. The maximum Gasteiger partial charge on any atom is 0.228 e.